The number of aromatic nitrogens is 4. The molecule has 0 fully saturated rings. The molecule has 0 radical (unpaired) electrons. The fourth-order valence-electron chi connectivity index (χ4n) is 1.25. The molecule has 0 spiro atoms. The van der Waals surface area contributed by atoms with Gasteiger partial charge in [-0.3, -0.25) is 20.3 Å². The zero-order valence-corrected chi connectivity index (χ0v) is 13.3. The van der Waals surface area contributed by atoms with E-state index in [1.54, 1.807) is 13.8 Å². The molecule has 13 nitrogen and oxygen atoms in total. The number of hydrogen-bond acceptors (Lipinski definition) is 9. The molecule has 0 aliphatic rings. The van der Waals surface area contributed by atoms with E-state index < -0.39 is 10.2 Å². The van der Waals surface area contributed by atoms with Gasteiger partial charge in [-0.25, -0.2) is 33.6 Å². The van der Waals surface area contributed by atoms with Gasteiger partial charge in [-0.15, -0.1) is 10.2 Å². The van der Waals surface area contributed by atoms with Crippen molar-refractivity contribution in [2.45, 2.75) is 13.8 Å². The van der Waals surface area contributed by atoms with Crippen molar-refractivity contribution in [3.63, 3.8) is 0 Å². The Balaban J connectivity index is 0. The van der Waals surface area contributed by atoms with Gasteiger partial charge in [0.2, 0.25) is 5.95 Å². The molecule has 9 N–H and O–H groups in total. The number of aryl methyl sites for hydroxylation is 2. The number of H-pyrrole nitrogens is 3. The summed E-state index contributed by atoms with van der Waals surface area (Å²) < 4.78 is 34.0. The third kappa shape index (κ3) is 14.4. The number of anilines is 2. The summed E-state index contributed by atoms with van der Waals surface area (Å²) in [5, 5.41) is 0. The van der Waals surface area contributed by atoms with Crippen LogP contribution in [0.3, 0.4) is 0 Å². The summed E-state index contributed by atoms with van der Waals surface area (Å²) in [5.41, 5.74) is 11.5. The number of nitrogens with one attached hydrogen (secondary N) is 3. The van der Waals surface area contributed by atoms with E-state index in [1.807, 2.05) is 0 Å². The Kier molecular flexibility index (Phi) is 10.1. The molecule has 0 amide bonds. The summed E-state index contributed by atoms with van der Waals surface area (Å²) in [7, 11) is -4.94. The van der Waals surface area contributed by atoms with Crippen LogP contribution in [-0.2, 0) is 0 Å². The van der Waals surface area contributed by atoms with Crippen molar-refractivity contribution in [1.29, 1.82) is 0 Å². The number of aromatic amines is 3. The van der Waals surface area contributed by atoms with Gasteiger partial charge in [0.15, 0.2) is 0 Å². The Bertz CT molecular complexity index is 631. The third-order valence-corrected chi connectivity index (χ3v) is 1.83. The molecular weight excluding hydrogens is 352 g/mol. The average Bonchev–Trinajstić information content (AvgIpc) is 2.22. The van der Waals surface area contributed by atoms with Crippen LogP contribution in [0.2, 0.25) is 0 Å². The summed E-state index contributed by atoms with van der Waals surface area (Å²) in [5.74, 6) is 0.458. The molecule has 0 atom stereocenters. The van der Waals surface area contributed by atoms with Crippen molar-refractivity contribution < 1.29 is 39.3 Å². The smallest absolute Gasteiger partial charge is 0.353 e. The standard InChI is InChI=1S/2C5H7N3O.ClHO4.H2O/c2*1-3-2-4(9)8-5(6)7-3;2-1(3,4)5;/h2*2H,1H3,(H3,6,7,8,9);(H,2,3,4,5);1H2. The Morgan fingerprint density at radius 1 is 1.04 bits per heavy atom. The maximum atomic E-state index is 10.6. The van der Waals surface area contributed by atoms with E-state index in [-0.39, 0.29) is 22.5 Å². The van der Waals surface area contributed by atoms with Gasteiger partial charge in [-0.1, -0.05) is 0 Å². The van der Waals surface area contributed by atoms with Gasteiger partial charge < -0.3 is 11.2 Å². The van der Waals surface area contributed by atoms with E-state index in [0.29, 0.717) is 11.6 Å². The maximum absolute atomic E-state index is 10.6. The van der Waals surface area contributed by atoms with E-state index in [0.717, 1.165) is 5.69 Å². The molecule has 2 aromatic rings. The van der Waals surface area contributed by atoms with Crippen LogP contribution in [0.15, 0.2) is 21.7 Å². The number of nitrogen functional groups attached to an aromatic ring is 2. The lowest BCUT2D eigenvalue weighted by Crippen LogP contribution is -2.68. The molecule has 0 saturated heterocycles. The monoisotopic (exact) mass is 368 g/mol. The number of nitrogens with zero attached hydrogens (tertiary/aromatic N) is 1. The lowest BCUT2D eigenvalue weighted by Gasteiger charge is -2.17. The first-order chi connectivity index (χ1) is 10.4. The van der Waals surface area contributed by atoms with Gasteiger partial charge in [0.25, 0.3) is 5.56 Å². The van der Waals surface area contributed by atoms with Crippen molar-refractivity contribution >= 4 is 11.9 Å². The van der Waals surface area contributed by atoms with Crippen molar-refractivity contribution in [2.24, 2.45) is 0 Å². The molecule has 2 rings (SSSR count). The number of hydrogen-bond donors (Lipinski definition) is 4. The molecule has 0 bridgehead atoms. The Morgan fingerprint density at radius 2 is 1.50 bits per heavy atom. The van der Waals surface area contributed by atoms with Crippen LogP contribution in [0.25, 0.3) is 0 Å². The average molecular weight is 369 g/mol. The Hall–Kier alpha value is -2.55. The van der Waals surface area contributed by atoms with Gasteiger partial charge in [-0.2, -0.15) is 0 Å². The lowest BCUT2D eigenvalue weighted by atomic mass is 10.5. The van der Waals surface area contributed by atoms with Gasteiger partial charge in [0.1, 0.15) is 0 Å². The summed E-state index contributed by atoms with van der Waals surface area (Å²) in [4.78, 5) is 32.3. The second-order valence-electron chi connectivity index (χ2n) is 4.01. The van der Waals surface area contributed by atoms with Crippen LogP contribution in [0.5, 0.6) is 0 Å². The fourth-order valence-corrected chi connectivity index (χ4v) is 1.25. The first-order valence-corrected chi connectivity index (χ1v) is 6.94. The summed E-state index contributed by atoms with van der Waals surface area (Å²) in [6.45, 7) is 3.48. The quantitative estimate of drug-likeness (QED) is 0.343. The van der Waals surface area contributed by atoms with E-state index >= 15 is 0 Å². The van der Waals surface area contributed by atoms with Gasteiger partial charge in [-0.05, 0) is 13.8 Å². The molecule has 2 heterocycles. The molecule has 24 heavy (non-hydrogen) atoms. The van der Waals surface area contributed by atoms with Crippen molar-refractivity contribution in [3.8, 4) is 0 Å². The second kappa shape index (κ2) is 10.3. The predicted octanol–water partition coefficient (Wildman–Crippen LogP) is -6.84. The minimum absolute atomic E-state index is 0. The van der Waals surface area contributed by atoms with Gasteiger partial charge >= 0.3 is 11.5 Å². The zero-order chi connectivity index (χ0) is 18.2. The minimum Gasteiger partial charge on any atom is -0.412 e. The minimum atomic E-state index is -4.94. The van der Waals surface area contributed by atoms with Crippen LogP contribution in [0.1, 0.15) is 11.4 Å². The Labute approximate surface area is 136 Å². The molecule has 0 aromatic carbocycles. The van der Waals surface area contributed by atoms with Crippen molar-refractivity contribution in [2.75, 3.05) is 11.5 Å². The first kappa shape index (κ1) is 23.7. The maximum Gasteiger partial charge on any atom is 0.353 e. The molecule has 0 aliphatic heterocycles. The van der Waals surface area contributed by atoms with E-state index in [4.69, 9.17) is 30.1 Å². The van der Waals surface area contributed by atoms with Crippen LogP contribution >= 0.6 is 0 Å². The normalized spacial score (nSPS) is 9.58. The predicted molar refractivity (Wildman–Crippen MR) is 70.4 cm³/mol. The molecule has 0 aliphatic carbocycles. The van der Waals surface area contributed by atoms with Crippen LogP contribution < -0.4 is 46.2 Å². The molecule has 14 heteroatoms. The third-order valence-electron chi connectivity index (χ3n) is 1.83. The van der Waals surface area contributed by atoms with Gasteiger partial charge in [0.05, 0.1) is 11.8 Å². The highest BCUT2D eigenvalue weighted by Gasteiger charge is 1.95. The fraction of sp³-hybridized carbons (Fsp3) is 0.200. The van der Waals surface area contributed by atoms with Crippen molar-refractivity contribution in [3.05, 3.63) is 44.2 Å². The lowest BCUT2D eigenvalue weighted by molar-refractivity contribution is -2.00. The molecule has 136 valence electrons. The van der Waals surface area contributed by atoms with E-state index in [2.05, 4.69) is 19.9 Å². The highest BCUT2D eigenvalue weighted by Crippen LogP contribution is 1.86. The van der Waals surface area contributed by atoms with E-state index in [9.17, 15) is 9.59 Å². The second-order valence-corrected chi connectivity index (χ2v) is 4.76. The van der Waals surface area contributed by atoms with Crippen LogP contribution in [-0.4, -0.2) is 20.4 Å². The molecule has 2 aromatic heterocycles. The van der Waals surface area contributed by atoms with Crippen LogP contribution in [0, 0.1) is 24.1 Å². The van der Waals surface area contributed by atoms with Crippen molar-refractivity contribution in [1.82, 2.24) is 15.0 Å². The largest absolute Gasteiger partial charge is 0.412 e. The summed E-state index contributed by atoms with van der Waals surface area (Å²) in [6, 6.07) is 2.83. The summed E-state index contributed by atoms with van der Waals surface area (Å²) in [6.07, 6.45) is 0. The Morgan fingerprint density at radius 3 is 1.83 bits per heavy atom. The summed E-state index contributed by atoms with van der Waals surface area (Å²) >= 11 is 0. The van der Waals surface area contributed by atoms with Crippen LogP contribution in [0.4, 0.5) is 11.9 Å². The highest BCUT2D eigenvalue weighted by molar-refractivity contribution is 5.16. The van der Waals surface area contributed by atoms with E-state index in [1.165, 1.54) is 12.1 Å². The number of halogens is 1. The number of nitrogens with two attached hydrogens (primary N) is 2. The highest BCUT2D eigenvalue weighted by atomic mass is 35.7. The molecular formula is C10H17ClN6O7. The molecule has 0 saturated carbocycles. The SMILES string of the molecule is Cc1cc(=O)[nH]c(N)[nH+]1.Cc1cc(=O)[nH]c(N)n1.O.[O-][Cl+3]([O-])([O-])[O-]. The molecule has 0 unspecified atom stereocenters. The van der Waals surface area contributed by atoms with Gasteiger partial charge in [0, 0.05) is 11.8 Å². The first-order valence-electron chi connectivity index (χ1n) is 5.70. The number of rotatable bonds is 0. The zero-order valence-electron chi connectivity index (χ0n) is 12.6. The topological polar surface area (TPSA) is 269 Å².